The van der Waals surface area contributed by atoms with Gasteiger partial charge in [0.2, 0.25) is 0 Å². The Balaban J connectivity index is 4.06. The van der Waals surface area contributed by atoms with Crippen LogP contribution in [-0.4, -0.2) is 18.1 Å². The van der Waals surface area contributed by atoms with E-state index in [1.165, 1.54) is 5.57 Å². The first kappa shape index (κ1) is 12.2. The second kappa shape index (κ2) is 5.81. The number of allylic oxidation sites excluding steroid dienone is 2. The van der Waals surface area contributed by atoms with Crippen molar-refractivity contribution in [1.29, 1.82) is 0 Å². The Morgan fingerprint density at radius 2 is 2.15 bits per heavy atom. The third-order valence-electron chi connectivity index (χ3n) is 2.47. The second-order valence-corrected chi connectivity index (χ2v) is 3.43. The van der Waals surface area contributed by atoms with Crippen LogP contribution < -0.4 is 5.43 Å². The van der Waals surface area contributed by atoms with Gasteiger partial charge in [-0.1, -0.05) is 19.6 Å². The monoisotopic (exact) mass is 182 g/mol. The van der Waals surface area contributed by atoms with Crippen LogP contribution in [0.25, 0.3) is 0 Å². The summed E-state index contributed by atoms with van der Waals surface area (Å²) in [4.78, 5) is 0. The summed E-state index contributed by atoms with van der Waals surface area (Å²) in [6.45, 7) is 12.4. The predicted octanol–water partition coefficient (Wildman–Crippen LogP) is 2.70. The molecule has 0 rings (SSSR count). The fourth-order valence-corrected chi connectivity index (χ4v) is 0.859. The summed E-state index contributed by atoms with van der Waals surface area (Å²) in [7, 11) is 2.04. The third kappa shape index (κ3) is 4.13. The van der Waals surface area contributed by atoms with Gasteiger partial charge in [-0.2, -0.15) is 0 Å². The maximum atomic E-state index is 3.96. The average molecular weight is 182 g/mol. The topological polar surface area (TPSA) is 15.3 Å². The molecule has 0 aromatic rings. The Bertz CT molecular complexity index is 194. The van der Waals surface area contributed by atoms with E-state index in [1.807, 2.05) is 14.0 Å². The summed E-state index contributed by atoms with van der Waals surface area (Å²) in [5, 5.41) is 2.09. The molecule has 76 valence electrons. The average Bonchev–Trinajstić information content (AvgIpc) is 2.14. The van der Waals surface area contributed by atoms with Crippen molar-refractivity contribution in [2.75, 3.05) is 7.05 Å². The summed E-state index contributed by atoms with van der Waals surface area (Å²) in [5.41, 5.74) is 5.42. The molecule has 0 aliphatic heterocycles. The zero-order valence-electron chi connectivity index (χ0n) is 9.52. The van der Waals surface area contributed by atoms with Crippen LogP contribution in [0.1, 0.15) is 34.1 Å². The lowest BCUT2D eigenvalue weighted by molar-refractivity contribution is 0.196. The second-order valence-electron chi connectivity index (χ2n) is 3.43. The molecule has 0 unspecified atom stereocenters. The molecule has 0 amide bonds. The van der Waals surface area contributed by atoms with E-state index in [9.17, 15) is 0 Å². The summed E-state index contributed by atoms with van der Waals surface area (Å²) in [6.07, 6.45) is 3.19. The van der Waals surface area contributed by atoms with E-state index in [4.69, 9.17) is 0 Å². The molecule has 0 radical (unpaired) electrons. The Hall–Kier alpha value is -0.760. The minimum Gasteiger partial charge on any atom is -0.319 e. The van der Waals surface area contributed by atoms with E-state index in [0.29, 0.717) is 6.04 Å². The van der Waals surface area contributed by atoms with E-state index < -0.39 is 0 Å². The summed E-state index contributed by atoms with van der Waals surface area (Å²) in [5.74, 6) is 0. The standard InChI is InChI=1S/C11H22N2/c1-7-9(3)11(5)12-13(6)10(4)8-2/h7,10,12H,5,8H2,1-4,6H3/b9-7-/t10-/m0/s1. The molecule has 0 aromatic heterocycles. The molecule has 0 heterocycles. The van der Waals surface area contributed by atoms with Crippen LogP contribution in [0.5, 0.6) is 0 Å². The first-order valence-corrected chi connectivity index (χ1v) is 4.84. The smallest absolute Gasteiger partial charge is 0.0444 e. The number of hydrogen-bond donors (Lipinski definition) is 1. The van der Waals surface area contributed by atoms with Crippen molar-refractivity contribution in [3.8, 4) is 0 Å². The quantitative estimate of drug-likeness (QED) is 0.519. The van der Waals surface area contributed by atoms with Gasteiger partial charge in [-0.15, -0.1) is 0 Å². The number of nitrogens with one attached hydrogen (secondary N) is 1. The minimum atomic E-state index is 0.529. The van der Waals surface area contributed by atoms with Gasteiger partial charge in [-0.25, -0.2) is 5.01 Å². The molecule has 1 atom stereocenters. The molecule has 1 N–H and O–H groups in total. The van der Waals surface area contributed by atoms with Crippen molar-refractivity contribution < 1.29 is 0 Å². The van der Waals surface area contributed by atoms with Crippen molar-refractivity contribution in [2.45, 2.75) is 40.2 Å². The SMILES string of the molecule is C=C(NN(C)[C@@H](C)CC)/C(C)=C\C. The van der Waals surface area contributed by atoms with Crippen LogP contribution in [0.15, 0.2) is 23.9 Å². The van der Waals surface area contributed by atoms with E-state index in [1.54, 1.807) is 0 Å². The van der Waals surface area contributed by atoms with Crippen molar-refractivity contribution in [2.24, 2.45) is 0 Å². The van der Waals surface area contributed by atoms with Crippen LogP contribution in [0.4, 0.5) is 0 Å². The Morgan fingerprint density at radius 3 is 2.54 bits per heavy atom. The summed E-state index contributed by atoms with van der Waals surface area (Å²) in [6, 6.07) is 0.529. The van der Waals surface area contributed by atoms with Crippen molar-refractivity contribution >= 4 is 0 Å². The Kier molecular flexibility index (Phi) is 5.47. The minimum absolute atomic E-state index is 0.529. The molecular formula is C11H22N2. The maximum absolute atomic E-state index is 3.96. The Morgan fingerprint density at radius 1 is 1.62 bits per heavy atom. The fourth-order valence-electron chi connectivity index (χ4n) is 0.859. The lowest BCUT2D eigenvalue weighted by Gasteiger charge is -2.26. The van der Waals surface area contributed by atoms with Gasteiger partial charge in [0.25, 0.3) is 0 Å². The van der Waals surface area contributed by atoms with E-state index in [-0.39, 0.29) is 0 Å². The zero-order chi connectivity index (χ0) is 10.4. The van der Waals surface area contributed by atoms with Crippen molar-refractivity contribution in [3.63, 3.8) is 0 Å². The largest absolute Gasteiger partial charge is 0.319 e. The molecule has 0 aliphatic rings. The highest BCUT2D eigenvalue weighted by Crippen LogP contribution is 2.05. The fraction of sp³-hybridized carbons (Fsp3) is 0.636. The molecule has 2 nitrogen and oxygen atoms in total. The van der Waals surface area contributed by atoms with Crippen LogP contribution >= 0.6 is 0 Å². The van der Waals surface area contributed by atoms with Gasteiger partial charge >= 0.3 is 0 Å². The first-order valence-electron chi connectivity index (χ1n) is 4.84. The van der Waals surface area contributed by atoms with Gasteiger partial charge in [0.15, 0.2) is 0 Å². The van der Waals surface area contributed by atoms with Gasteiger partial charge in [0.1, 0.15) is 0 Å². The summed E-state index contributed by atoms with van der Waals surface area (Å²) < 4.78 is 0. The Labute approximate surface area is 82.3 Å². The van der Waals surface area contributed by atoms with Gasteiger partial charge in [-0.05, 0) is 32.8 Å². The molecule has 0 saturated heterocycles. The van der Waals surface area contributed by atoms with E-state index in [0.717, 1.165) is 12.1 Å². The van der Waals surface area contributed by atoms with Crippen molar-refractivity contribution in [1.82, 2.24) is 10.4 Å². The van der Waals surface area contributed by atoms with E-state index >= 15 is 0 Å². The van der Waals surface area contributed by atoms with E-state index in [2.05, 4.69) is 43.9 Å². The van der Waals surface area contributed by atoms with Crippen LogP contribution in [0, 0.1) is 0 Å². The normalized spacial score (nSPS) is 14.5. The zero-order valence-corrected chi connectivity index (χ0v) is 9.52. The molecule has 2 heteroatoms. The third-order valence-corrected chi connectivity index (χ3v) is 2.47. The molecular weight excluding hydrogens is 160 g/mol. The highest BCUT2D eigenvalue weighted by atomic mass is 15.5. The summed E-state index contributed by atoms with van der Waals surface area (Å²) >= 11 is 0. The first-order chi connectivity index (χ1) is 6.02. The lowest BCUT2D eigenvalue weighted by Crippen LogP contribution is -2.40. The van der Waals surface area contributed by atoms with Gasteiger partial charge in [0, 0.05) is 18.8 Å². The lowest BCUT2D eigenvalue weighted by atomic mass is 10.2. The predicted molar refractivity (Wildman–Crippen MR) is 59.2 cm³/mol. The highest BCUT2D eigenvalue weighted by Gasteiger charge is 2.06. The molecule has 0 aliphatic carbocycles. The van der Waals surface area contributed by atoms with Gasteiger partial charge in [0.05, 0.1) is 0 Å². The van der Waals surface area contributed by atoms with Gasteiger partial charge < -0.3 is 5.43 Å². The van der Waals surface area contributed by atoms with Crippen LogP contribution in [-0.2, 0) is 0 Å². The maximum Gasteiger partial charge on any atom is 0.0444 e. The number of nitrogens with zero attached hydrogens (tertiary/aromatic N) is 1. The van der Waals surface area contributed by atoms with Gasteiger partial charge in [-0.3, -0.25) is 0 Å². The molecule has 13 heavy (non-hydrogen) atoms. The van der Waals surface area contributed by atoms with Crippen molar-refractivity contribution in [3.05, 3.63) is 23.9 Å². The molecule has 0 aromatic carbocycles. The molecule has 0 saturated carbocycles. The molecule has 0 spiro atoms. The number of rotatable bonds is 5. The highest BCUT2D eigenvalue weighted by molar-refractivity contribution is 5.22. The van der Waals surface area contributed by atoms with Crippen LogP contribution in [0.3, 0.4) is 0 Å². The molecule has 0 fully saturated rings. The number of hydrazine groups is 1. The van der Waals surface area contributed by atoms with Crippen LogP contribution in [0.2, 0.25) is 0 Å². The molecule has 0 bridgehead atoms. The number of hydrogen-bond acceptors (Lipinski definition) is 2.